The third-order valence-corrected chi connectivity index (χ3v) is 12.4. The van der Waals surface area contributed by atoms with Crippen LogP contribution in [0.2, 0.25) is 0 Å². The molecule has 0 saturated carbocycles. The summed E-state index contributed by atoms with van der Waals surface area (Å²) in [6.07, 6.45) is 8.98. The molecule has 1 saturated heterocycles. The van der Waals surface area contributed by atoms with Crippen LogP contribution >= 0.6 is 16.7 Å². The van der Waals surface area contributed by atoms with Gasteiger partial charge < -0.3 is 9.80 Å². The van der Waals surface area contributed by atoms with Gasteiger partial charge >= 0.3 is 16.7 Å². The number of para-hydroxylation sites is 2. The van der Waals surface area contributed by atoms with E-state index in [1.807, 2.05) is 0 Å². The summed E-state index contributed by atoms with van der Waals surface area (Å²) in [5.41, 5.74) is 10.3. The Bertz CT molecular complexity index is 1280. The molecule has 196 valence electrons. The Morgan fingerprint density at radius 3 is 1.05 bits per heavy atom. The molecule has 8 heteroatoms. The molecule has 0 N–H and O–H groups in total. The van der Waals surface area contributed by atoms with Crippen molar-refractivity contribution in [1.29, 1.82) is 0 Å². The Morgan fingerprint density at radius 1 is 0.500 bits per heavy atom. The van der Waals surface area contributed by atoms with Gasteiger partial charge in [0.2, 0.25) is 0 Å². The molecule has 3 heterocycles. The Hall–Kier alpha value is -3.20. The molecule has 1 aliphatic heterocycles. The van der Waals surface area contributed by atoms with E-state index in [9.17, 15) is 0 Å². The van der Waals surface area contributed by atoms with Crippen molar-refractivity contribution in [2.24, 2.45) is 0 Å². The molecule has 0 radical (unpaired) electrons. The topological polar surface area (TPSA) is 20.7 Å². The second-order valence-corrected chi connectivity index (χ2v) is 14.5. The van der Waals surface area contributed by atoms with Gasteiger partial charge in [0.1, 0.15) is 0 Å². The number of benzene rings is 2. The van der Waals surface area contributed by atoms with E-state index in [0.29, 0.717) is 0 Å². The quantitative estimate of drug-likeness (QED) is 0.258. The second-order valence-electron chi connectivity index (χ2n) is 10.3. The minimum absolute atomic E-state index is 0.889. The van der Waals surface area contributed by atoms with E-state index in [2.05, 4.69) is 169 Å². The van der Waals surface area contributed by atoms with Gasteiger partial charge in [0, 0.05) is 63.8 Å². The molecule has 0 bridgehead atoms. The maximum absolute atomic E-state index is 2.69. The van der Waals surface area contributed by atoms with Gasteiger partial charge in [-0.25, -0.2) is 0 Å². The van der Waals surface area contributed by atoms with Gasteiger partial charge in [-0.05, 0) is 49.9 Å². The van der Waals surface area contributed by atoms with Crippen LogP contribution in [0, 0.1) is 27.7 Å². The summed E-state index contributed by atoms with van der Waals surface area (Å²) in [5, 5.41) is 0. The number of aryl methyl sites for hydroxylation is 4. The first-order valence-corrected chi connectivity index (χ1v) is 15.3. The van der Waals surface area contributed by atoms with Crippen molar-refractivity contribution in [3.8, 4) is 0 Å². The fraction of sp³-hybridized carbons (Fsp3) is 0.267. The summed E-state index contributed by atoms with van der Waals surface area (Å²) in [5.74, 6) is 0. The largest absolute Gasteiger partial charge is 0.437 e. The van der Waals surface area contributed by atoms with Crippen molar-refractivity contribution >= 4 is 39.5 Å². The number of aromatic nitrogens is 2. The SMILES string of the molecule is Cc1cccc(C)c1N1P([n+]2ccc(N(C)C)cc2)N(c2c(C)cccc2C)P1[n+]1ccc(N(C)C)cc1. The van der Waals surface area contributed by atoms with Gasteiger partial charge in [-0.1, -0.05) is 36.4 Å². The second kappa shape index (κ2) is 10.5. The number of anilines is 4. The lowest BCUT2D eigenvalue weighted by Crippen LogP contribution is -2.58. The molecule has 6 nitrogen and oxygen atoms in total. The Labute approximate surface area is 230 Å². The minimum Gasteiger partial charge on any atom is -0.377 e. The highest BCUT2D eigenvalue weighted by Gasteiger charge is 2.65. The first-order valence-electron chi connectivity index (χ1n) is 12.9. The van der Waals surface area contributed by atoms with Crippen LogP contribution in [0.5, 0.6) is 0 Å². The van der Waals surface area contributed by atoms with Crippen LogP contribution in [-0.4, -0.2) is 28.2 Å². The first-order chi connectivity index (χ1) is 18.2. The van der Waals surface area contributed by atoms with Crippen LogP contribution in [0.25, 0.3) is 0 Å². The normalized spacial score (nSPS) is 16.8. The lowest BCUT2D eigenvalue weighted by atomic mass is 10.1. The Balaban J connectivity index is 1.74. The highest BCUT2D eigenvalue weighted by atomic mass is 31.3. The van der Waals surface area contributed by atoms with Gasteiger partial charge in [0.15, 0.2) is 24.8 Å². The number of rotatable bonds is 6. The third kappa shape index (κ3) is 4.61. The standard InChI is InChI=1S/C30H38N6P2/c1-23-11-9-12-24(2)29(23)35-37(33-19-15-27(16-20-33)31(5)6)36(30-25(3)13-10-14-26(30)4)38(35)34-21-17-28(18-22-34)32(7)8/h9-22H,1-8H3/q+2. The van der Waals surface area contributed by atoms with E-state index < -0.39 is 16.7 Å². The molecule has 0 aliphatic carbocycles. The summed E-state index contributed by atoms with van der Waals surface area (Å²) < 4.78 is 10.2. The monoisotopic (exact) mass is 544 g/mol. The molecule has 1 aliphatic rings. The molecule has 0 amide bonds. The summed E-state index contributed by atoms with van der Waals surface area (Å²) >= 11 is 0. The van der Waals surface area contributed by atoms with Crippen LogP contribution in [-0.2, 0) is 0 Å². The van der Waals surface area contributed by atoms with Crippen LogP contribution in [0.3, 0.4) is 0 Å². The van der Waals surface area contributed by atoms with Crippen LogP contribution in [0.1, 0.15) is 22.3 Å². The molecular formula is C30H38N6P2+2. The Kier molecular flexibility index (Phi) is 7.31. The van der Waals surface area contributed by atoms with Crippen molar-refractivity contribution in [2.45, 2.75) is 27.7 Å². The van der Waals surface area contributed by atoms with Gasteiger partial charge in [-0.2, -0.15) is 17.6 Å². The number of pyridine rings is 2. The molecule has 0 unspecified atom stereocenters. The molecular weight excluding hydrogens is 506 g/mol. The van der Waals surface area contributed by atoms with Crippen LogP contribution in [0.4, 0.5) is 22.7 Å². The van der Waals surface area contributed by atoms with Gasteiger partial charge in [-0.3, -0.25) is 0 Å². The lowest BCUT2D eigenvalue weighted by molar-refractivity contribution is -0.523. The van der Waals surface area contributed by atoms with E-state index in [1.54, 1.807) is 0 Å². The van der Waals surface area contributed by atoms with E-state index in [-0.39, 0.29) is 0 Å². The summed E-state index contributed by atoms with van der Waals surface area (Å²) in [4.78, 5) is 4.31. The van der Waals surface area contributed by atoms with Gasteiger partial charge in [0.25, 0.3) is 0 Å². The van der Waals surface area contributed by atoms with Crippen molar-refractivity contribution in [1.82, 2.24) is 0 Å². The number of hydrogen-bond acceptors (Lipinski definition) is 4. The number of hydrogen-bond donors (Lipinski definition) is 0. The molecule has 1 fully saturated rings. The van der Waals surface area contributed by atoms with Gasteiger partial charge in [0.05, 0.1) is 11.4 Å². The molecule has 0 atom stereocenters. The van der Waals surface area contributed by atoms with Gasteiger partial charge in [-0.15, -0.1) is 0 Å². The molecule has 4 aromatic rings. The molecule has 38 heavy (non-hydrogen) atoms. The first kappa shape index (κ1) is 26.4. The highest BCUT2D eigenvalue weighted by molar-refractivity contribution is 7.89. The summed E-state index contributed by atoms with van der Waals surface area (Å²) in [7, 11) is 6.58. The maximum Gasteiger partial charge on any atom is 0.437 e. The predicted molar refractivity (Wildman–Crippen MR) is 163 cm³/mol. The predicted octanol–water partition coefficient (Wildman–Crippen LogP) is 6.50. The zero-order chi connectivity index (χ0) is 27.1. The van der Waals surface area contributed by atoms with Crippen LogP contribution < -0.4 is 27.4 Å². The molecule has 2 aromatic heterocycles. The van der Waals surface area contributed by atoms with Crippen molar-refractivity contribution in [2.75, 3.05) is 46.9 Å². The van der Waals surface area contributed by atoms with Crippen molar-refractivity contribution < 1.29 is 8.68 Å². The molecule has 5 rings (SSSR count). The fourth-order valence-corrected chi connectivity index (χ4v) is 11.4. The van der Waals surface area contributed by atoms with E-state index >= 15 is 0 Å². The molecule has 2 aromatic carbocycles. The summed E-state index contributed by atoms with van der Waals surface area (Å²) in [6, 6.07) is 22.2. The van der Waals surface area contributed by atoms with E-state index in [4.69, 9.17) is 0 Å². The maximum atomic E-state index is 2.69. The fourth-order valence-electron chi connectivity index (χ4n) is 4.92. The highest BCUT2D eigenvalue weighted by Crippen LogP contribution is 2.75. The average Bonchev–Trinajstić information content (AvgIpc) is 2.87. The van der Waals surface area contributed by atoms with Crippen molar-refractivity contribution in [3.05, 3.63) is 108 Å². The van der Waals surface area contributed by atoms with E-state index in [1.165, 1.54) is 45.0 Å². The van der Waals surface area contributed by atoms with Crippen molar-refractivity contribution in [3.63, 3.8) is 0 Å². The molecule has 0 spiro atoms. The lowest BCUT2D eigenvalue weighted by Gasteiger charge is -2.47. The minimum atomic E-state index is -0.889. The zero-order valence-electron chi connectivity index (χ0n) is 23.7. The third-order valence-electron chi connectivity index (χ3n) is 6.99. The Morgan fingerprint density at radius 2 is 0.789 bits per heavy atom. The van der Waals surface area contributed by atoms with Crippen LogP contribution in [0.15, 0.2) is 85.5 Å². The zero-order valence-corrected chi connectivity index (χ0v) is 25.4. The number of nitrogens with zero attached hydrogens (tertiary/aromatic N) is 6. The average molecular weight is 545 g/mol. The smallest absolute Gasteiger partial charge is 0.377 e. The summed E-state index contributed by atoms with van der Waals surface area (Å²) in [6.45, 7) is 8.96. The van der Waals surface area contributed by atoms with E-state index in [0.717, 1.165) is 0 Å².